The number of hydrogen-bond acceptors (Lipinski definition) is 3. The third-order valence-electron chi connectivity index (χ3n) is 2.29. The van der Waals surface area contributed by atoms with Gasteiger partial charge >= 0.3 is 0 Å². The Morgan fingerprint density at radius 1 is 1.58 bits per heavy atom. The van der Waals surface area contributed by atoms with Gasteiger partial charge in [0, 0.05) is 18.7 Å². The first-order valence-electron chi connectivity index (χ1n) is 4.35. The van der Waals surface area contributed by atoms with Gasteiger partial charge in [-0.3, -0.25) is 10.00 Å². The summed E-state index contributed by atoms with van der Waals surface area (Å²) in [7, 11) is 0. The van der Waals surface area contributed by atoms with E-state index in [9.17, 15) is 0 Å². The second-order valence-corrected chi connectivity index (χ2v) is 3.28. The molecular weight excluding hydrogens is 152 g/mol. The molecule has 0 atom stereocenters. The number of H-pyrrole nitrogens is 1. The number of anilines is 1. The molecule has 4 nitrogen and oxygen atoms in total. The highest BCUT2D eigenvalue weighted by molar-refractivity contribution is 5.43. The summed E-state index contributed by atoms with van der Waals surface area (Å²) in [6.45, 7) is 5.27. The fourth-order valence-electron chi connectivity index (χ4n) is 1.70. The monoisotopic (exact) mass is 166 g/mol. The van der Waals surface area contributed by atoms with Crippen molar-refractivity contribution in [2.24, 2.45) is 0 Å². The number of rotatable bonds is 2. The Morgan fingerprint density at radius 3 is 3.08 bits per heavy atom. The molecule has 1 aromatic heterocycles. The van der Waals surface area contributed by atoms with Crippen molar-refractivity contribution in [2.75, 3.05) is 12.3 Å². The molecular formula is C8H14N4. The van der Waals surface area contributed by atoms with Crippen LogP contribution in [0.15, 0.2) is 0 Å². The van der Waals surface area contributed by atoms with Crippen LogP contribution in [0.1, 0.15) is 24.6 Å². The summed E-state index contributed by atoms with van der Waals surface area (Å²) in [6.07, 6.45) is 1.19. The zero-order valence-electron chi connectivity index (χ0n) is 7.30. The Hall–Kier alpha value is -1.03. The maximum absolute atomic E-state index is 5.68. The average molecular weight is 166 g/mol. The van der Waals surface area contributed by atoms with Crippen molar-refractivity contribution in [2.45, 2.75) is 26.4 Å². The van der Waals surface area contributed by atoms with E-state index in [1.807, 2.05) is 0 Å². The average Bonchev–Trinajstić information content (AvgIpc) is 2.55. The van der Waals surface area contributed by atoms with Crippen LogP contribution in [0, 0.1) is 0 Å². The lowest BCUT2D eigenvalue weighted by molar-refractivity contribution is 0.282. The lowest BCUT2D eigenvalue weighted by atomic mass is 10.3. The molecule has 1 aliphatic heterocycles. The van der Waals surface area contributed by atoms with Gasteiger partial charge in [-0.1, -0.05) is 6.92 Å². The van der Waals surface area contributed by atoms with Gasteiger partial charge < -0.3 is 5.73 Å². The van der Waals surface area contributed by atoms with Crippen molar-refractivity contribution < 1.29 is 0 Å². The molecule has 0 aliphatic carbocycles. The van der Waals surface area contributed by atoms with E-state index in [1.54, 1.807) is 0 Å². The summed E-state index contributed by atoms with van der Waals surface area (Å²) in [6, 6.07) is 0. The fraction of sp³-hybridized carbons (Fsp3) is 0.625. The van der Waals surface area contributed by atoms with Crippen molar-refractivity contribution in [3.05, 3.63) is 11.3 Å². The summed E-state index contributed by atoms with van der Waals surface area (Å²) in [5.41, 5.74) is 8.07. The number of nitrogen functional groups attached to an aromatic ring is 1. The first-order chi connectivity index (χ1) is 5.81. The van der Waals surface area contributed by atoms with Crippen molar-refractivity contribution in [3.8, 4) is 0 Å². The highest BCUT2D eigenvalue weighted by atomic mass is 15.2. The molecule has 0 amide bonds. The lowest BCUT2D eigenvalue weighted by Crippen LogP contribution is -2.17. The summed E-state index contributed by atoms with van der Waals surface area (Å²) in [5.74, 6) is 0.670. The largest absolute Gasteiger partial charge is 0.382 e. The molecule has 0 aromatic carbocycles. The predicted molar refractivity (Wildman–Crippen MR) is 47.4 cm³/mol. The maximum Gasteiger partial charge on any atom is 0.150 e. The van der Waals surface area contributed by atoms with Gasteiger partial charge in [0.2, 0.25) is 0 Å². The third-order valence-corrected chi connectivity index (χ3v) is 2.29. The molecule has 2 heterocycles. The summed E-state index contributed by atoms with van der Waals surface area (Å²) in [5, 5.41) is 6.92. The van der Waals surface area contributed by atoms with Gasteiger partial charge in [-0.15, -0.1) is 0 Å². The smallest absolute Gasteiger partial charge is 0.150 e. The number of fused-ring (bicyclic) bond motifs is 1. The normalized spacial score (nSPS) is 16.8. The van der Waals surface area contributed by atoms with E-state index in [2.05, 4.69) is 22.0 Å². The molecule has 1 aromatic rings. The molecule has 66 valence electrons. The second-order valence-electron chi connectivity index (χ2n) is 3.28. The van der Waals surface area contributed by atoms with Crippen LogP contribution in [-0.2, 0) is 13.1 Å². The Labute approximate surface area is 71.7 Å². The molecule has 0 spiro atoms. The van der Waals surface area contributed by atoms with Crippen LogP contribution in [0.4, 0.5) is 5.82 Å². The second kappa shape index (κ2) is 2.79. The molecule has 12 heavy (non-hydrogen) atoms. The number of nitrogens with two attached hydrogens (primary N) is 1. The quantitative estimate of drug-likeness (QED) is 0.680. The number of nitrogens with zero attached hydrogens (tertiary/aromatic N) is 2. The van der Waals surface area contributed by atoms with E-state index in [0.717, 1.165) is 19.6 Å². The van der Waals surface area contributed by atoms with Crippen molar-refractivity contribution in [3.63, 3.8) is 0 Å². The van der Waals surface area contributed by atoms with E-state index in [1.165, 1.54) is 17.7 Å². The van der Waals surface area contributed by atoms with Crippen molar-refractivity contribution >= 4 is 5.82 Å². The van der Waals surface area contributed by atoms with Gasteiger partial charge in [0.1, 0.15) is 5.82 Å². The molecule has 1 aliphatic rings. The van der Waals surface area contributed by atoms with Crippen LogP contribution in [0.25, 0.3) is 0 Å². The molecule has 0 fully saturated rings. The van der Waals surface area contributed by atoms with Crippen LogP contribution in [0.5, 0.6) is 0 Å². The van der Waals surface area contributed by atoms with Crippen molar-refractivity contribution in [1.29, 1.82) is 0 Å². The van der Waals surface area contributed by atoms with Crippen LogP contribution in [-0.4, -0.2) is 21.6 Å². The van der Waals surface area contributed by atoms with E-state index in [-0.39, 0.29) is 0 Å². The topological polar surface area (TPSA) is 57.9 Å². The molecule has 3 N–H and O–H groups in total. The van der Waals surface area contributed by atoms with Crippen LogP contribution >= 0.6 is 0 Å². The fourth-order valence-corrected chi connectivity index (χ4v) is 1.70. The highest BCUT2D eigenvalue weighted by Gasteiger charge is 2.22. The molecule has 2 rings (SSSR count). The summed E-state index contributed by atoms with van der Waals surface area (Å²) < 4.78 is 0. The Morgan fingerprint density at radius 2 is 2.42 bits per heavy atom. The van der Waals surface area contributed by atoms with E-state index in [0.29, 0.717) is 5.82 Å². The molecule has 0 bridgehead atoms. The molecule has 0 unspecified atom stereocenters. The first kappa shape index (κ1) is 7.61. The number of nitrogens with one attached hydrogen (secondary N) is 1. The number of aromatic nitrogens is 2. The van der Waals surface area contributed by atoms with Gasteiger partial charge in [-0.05, 0) is 13.0 Å². The van der Waals surface area contributed by atoms with Gasteiger partial charge in [0.15, 0.2) is 0 Å². The molecule has 0 radical (unpaired) electrons. The molecule has 4 heteroatoms. The summed E-state index contributed by atoms with van der Waals surface area (Å²) in [4.78, 5) is 2.37. The van der Waals surface area contributed by atoms with Crippen LogP contribution < -0.4 is 5.73 Å². The Bertz CT molecular complexity index is 279. The van der Waals surface area contributed by atoms with Gasteiger partial charge in [0.05, 0.1) is 5.69 Å². The van der Waals surface area contributed by atoms with E-state index >= 15 is 0 Å². The highest BCUT2D eigenvalue weighted by Crippen LogP contribution is 2.24. The number of hydrogen-bond donors (Lipinski definition) is 2. The van der Waals surface area contributed by atoms with Gasteiger partial charge in [-0.2, -0.15) is 5.10 Å². The van der Waals surface area contributed by atoms with E-state index in [4.69, 9.17) is 5.73 Å². The minimum absolute atomic E-state index is 0.670. The minimum Gasteiger partial charge on any atom is -0.382 e. The standard InChI is InChI=1S/C8H14N4/c1-2-3-12-4-6-7(5-12)10-11-8(6)9/h2-5H2,1H3,(H3,9,10,11). The predicted octanol–water partition coefficient (Wildman–Crippen LogP) is 0.718. The molecule has 0 saturated heterocycles. The Balaban J connectivity index is 2.12. The van der Waals surface area contributed by atoms with Gasteiger partial charge in [-0.25, -0.2) is 0 Å². The third kappa shape index (κ3) is 1.08. The van der Waals surface area contributed by atoms with Crippen molar-refractivity contribution in [1.82, 2.24) is 15.1 Å². The van der Waals surface area contributed by atoms with Crippen LogP contribution in [0.3, 0.4) is 0 Å². The minimum atomic E-state index is 0.670. The first-order valence-corrected chi connectivity index (χ1v) is 4.35. The lowest BCUT2D eigenvalue weighted by Gasteiger charge is -2.12. The zero-order valence-corrected chi connectivity index (χ0v) is 7.30. The molecule has 0 saturated carbocycles. The van der Waals surface area contributed by atoms with Crippen LogP contribution in [0.2, 0.25) is 0 Å². The summed E-state index contributed by atoms with van der Waals surface area (Å²) >= 11 is 0. The SMILES string of the molecule is CCCN1Cc2[nH]nc(N)c2C1. The zero-order chi connectivity index (χ0) is 8.55. The maximum atomic E-state index is 5.68. The Kier molecular flexibility index (Phi) is 1.77. The number of aromatic amines is 1. The van der Waals surface area contributed by atoms with Gasteiger partial charge in [0.25, 0.3) is 0 Å². The van der Waals surface area contributed by atoms with E-state index < -0.39 is 0 Å².